The van der Waals surface area contributed by atoms with Crippen LogP contribution in [0.1, 0.15) is 26.0 Å². The van der Waals surface area contributed by atoms with Gasteiger partial charge in [-0.1, -0.05) is 13.3 Å². The zero-order chi connectivity index (χ0) is 9.84. The molecule has 0 radical (unpaired) electrons. The summed E-state index contributed by atoms with van der Waals surface area (Å²) in [6, 6.07) is 0.155. The predicted octanol–water partition coefficient (Wildman–Crippen LogP) is 1.95. The number of rotatable bonds is 4. The molecule has 1 aromatic rings. The summed E-state index contributed by atoms with van der Waals surface area (Å²) in [5.41, 5.74) is 6.97. The molecule has 0 aromatic carbocycles. The maximum Gasteiger partial charge on any atom is 0.0635 e. The Bertz CT molecular complexity index is 268. The van der Waals surface area contributed by atoms with Gasteiger partial charge in [0.25, 0.3) is 0 Å². The number of nitrogens with two attached hydrogens (primary N) is 1. The van der Waals surface area contributed by atoms with Crippen LogP contribution in [0.4, 0.5) is 0 Å². The number of halogens is 1. The van der Waals surface area contributed by atoms with Crippen molar-refractivity contribution < 1.29 is 0 Å². The molecule has 0 aliphatic heterocycles. The topological polar surface area (TPSA) is 43.8 Å². The van der Waals surface area contributed by atoms with Gasteiger partial charge in [0.05, 0.1) is 22.9 Å². The SMILES string of the molecule is CCCc1c(Br)cnn1CC(C)N. The van der Waals surface area contributed by atoms with E-state index in [0.29, 0.717) is 0 Å². The van der Waals surface area contributed by atoms with Crippen LogP contribution < -0.4 is 5.73 Å². The van der Waals surface area contributed by atoms with Crippen LogP contribution in [0.25, 0.3) is 0 Å². The Kier molecular flexibility index (Phi) is 3.93. The third-order valence-electron chi connectivity index (χ3n) is 1.85. The third-order valence-corrected chi connectivity index (χ3v) is 2.51. The molecule has 0 saturated carbocycles. The van der Waals surface area contributed by atoms with Crippen LogP contribution in [0.5, 0.6) is 0 Å². The highest BCUT2D eigenvalue weighted by atomic mass is 79.9. The Balaban J connectivity index is 2.80. The molecule has 1 atom stereocenters. The van der Waals surface area contributed by atoms with Crippen molar-refractivity contribution in [3.63, 3.8) is 0 Å². The van der Waals surface area contributed by atoms with Crippen molar-refractivity contribution in [1.29, 1.82) is 0 Å². The fraction of sp³-hybridized carbons (Fsp3) is 0.667. The van der Waals surface area contributed by atoms with Gasteiger partial charge in [0.1, 0.15) is 0 Å². The van der Waals surface area contributed by atoms with E-state index in [9.17, 15) is 0 Å². The first kappa shape index (κ1) is 10.7. The number of hydrogen-bond donors (Lipinski definition) is 1. The van der Waals surface area contributed by atoms with Crippen molar-refractivity contribution in [3.8, 4) is 0 Å². The lowest BCUT2D eigenvalue weighted by Gasteiger charge is -2.09. The van der Waals surface area contributed by atoms with Crippen LogP contribution in [0.3, 0.4) is 0 Å². The van der Waals surface area contributed by atoms with Gasteiger partial charge in [-0.2, -0.15) is 5.10 Å². The van der Waals surface area contributed by atoms with E-state index in [0.717, 1.165) is 23.9 Å². The van der Waals surface area contributed by atoms with Gasteiger partial charge in [0.2, 0.25) is 0 Å². The molecule has 0 fully saturated rings. The molecule has 1 rings (SSSR count). The molecule has 1 unspecified atom stereocenters. The quantitative estimate of drug-likeness (QED) is 0.882. The van der Waals surface area contributed by atoms with Gasteiger partial charge in [-0.3, -0.25) is 4.68 Å². The summed E-state index contributed by atoms with van der Waals surface area (Å²) in [7, 11) is 0. The molecule has 1 heterocycles. The highest BCUT2D eigenvalue weighted by Crippen LogP contribution is 2.17. The lowest BCUT2D eigenvalue weighted by Crippen LogP contribution is -2.24. The van der Waals surface area contributed by atoms with Crippen molar-refractivity contribution in [3.05, 3.63) is 16.4 Å². The molecule has 0 saturated heterocycles. The summed E-state index contributed by atoms with van der Waals surface area (Å²) >= 11 is 3.48. The molecule has 4 heteroatoms. The normalized spacial score (nSPS) is 13.2. The van der Waals surface area contributed by atoms with Crippen molar-refractivity contribution in [2.45, 2.75) is 39.3 Å². The fourth-order valence-corrected chi connectivity index (χ4v) is 1.80. The summed E-state index contributed by atoms with van der Waals surface area (Å²) in [4.78, 5) is 0. The molecule has 74 valence electrons. The van der Waals surface area contributed by atoms with E-state index < -0.39 is 0 Å². The minimum absolute atomic E-state index is 0.155. The zero-order valence-electron chi connectivity index (χ0n) is 8.13. The summed E-state index contributed by atoms with van der Waals surface area (Å²) in [5, 5.41) is 4.26. The van der Waals surface area contributed by atoms with E-state index in [2.05, 4.69) is 28.0 Å². The summed E-state index contributed by atoms with van der Waals surface area (Å²) in [6.45, 7) is 4.95. The summed E-state index contributed by atoms with van der Waals surface area (Å²) in [5.74, 6) is 0. The molecule has 0 spiro atoms. The monoisotopic (exact) mass is 245 g/mol. The Morgan fingerprint density at radius 3 is 2.92 bits per heavy atom. The second-order valence-electron chi connectivity index (χ2n) is 3.35. The lowest BCUT2D eigenvalue weighted by molar-refractivity contribution is 0.517. The molecule has 2 N–H and O–H groups in total. The van der Waals surface area contributed by atoms with Gasteiger partial charge >= 0.3 is 0 Å². The van der Waals surface area contributed by atoms with E-state index in [1.165, 1.54) is 5.69 Å². The number of nitrogens with zero attached hydrogens (tertiary/aromatic N) is 2. The van der Waals surface area contributed by atoms with E-state index >= 15 is 0 Å². The first-order valence-corrected chi connectivity index (χ1v) is 5.40. The molecule has 0 aliphatic carbocycles. The zero-order valence-corrected chi connectivity index (χ0v) is 9.71. The third kappa shape index (κ3) is 2.81. The maximum absolute atomic E-state index is 5.72. The van der Waals surface area contributed by atoms with Gasteiger partial charge in [-0.05, 0) is 29.3 Å². The second-order valence-corrected chi connectivity index (χ2v) is 4.20. The van der Waals surface area contributed by atoms with Crippen LogP contribution in [0, 0.1) is 0 Å². The second kappa shape index (κ2) is 4.77. The maximum atomic E-state index is 5.72. The van der Waals surface area contributed by atoms with Gasteiger partial charge < -0.3 is 5.73 Å². The average molecular weight is 246 g/mol. The Hall–Kier alpha value is -0.350. The predicted molar refractivity (Wildman–Crippen MR) is 57.6 cm³/mol. The van der Waals surface area contributed by atoms with Crippen LogP contribution in [0.15, 0.2) is 10.7 Å². The highest BCUT2D eigenvalue weighted by molar-refractivity contribution is 9.10. The van der Waals surface area contributed by atoms with Crippen molar-refractivity contribution >= 4 is 15.9 Å². The molecule has 0 aliphatic rings. The van der Waals surface area contributed by atoms with Crippen molar-refractivity contribution in [1.82, 2.24) is 9.78 Å². The van der Waals surface area contributed by atoms with Gasteiger partial charge in [-0.15, -0.1) is 0 Å². The Labute approximate surface area is 87.4 Å². The molecule has 0 bridgehead atoms. The molecule has 13 heavy (non-hydrogen) atoms. The Morgan fingerprint density at radius 2 is 2.38 bits per heavy atom. The smallest absolute Gasteiger partial charge is 0.0635 e. The standard InChI is InChI=1S/C9H16BrN3/c1-3-4-9-8(10)5-12-13(9)6-7(2)11/h5,7H,3-4,6,11H2,1-2H3. The minimum Gasteiger partial charge on any atom is -0.326 e. The van der Waals surface area contributed by atoms with E-state index in [4.69, 9.17) is 5.73 Å². The lowest BCUT2D eigenvalue weighted by atomic mass is 10.2. The highest BCUT2D eigenvalue weighted by Gasteiger charge is 2.08. The van der Waals surface area contributed by atoms with Crippen molar-refractivity contribution in [2.75, 3.05) is 0 Å². The first-order valence-electron chi connectivity index (χ1n) is 4.61. The minimum atomic E-state index is 0.155. The van der Waals surface area contributed by atoms with Gasteiger partial charge in [0.15, 0.2) is 0 Å². The van der Waals surface area contributed by atoms with Crippen LogP contribution in [0.2, 0.25) is 0 Å². The molecular weight excluding hydrogens is 230 g/mol. The largest absolute Gasteiger partial charge is 0.326 e. The van der Waals surface area contributed by atoms with Gasteiger partial charge in [0, 0.05) is 6.04 Å². The first-order chi connectivity index (χ1) is 6.15. The summed E-state index contributed by atoms with van der Waals surface area (Å²) in [6.07, 6.45) is 4.02. The Morgan fingerprint density at radius 1 is 1.69 bits per heavy atom. The fourth-order valence-electron chi connectivity index (χ4n) is 1.30. The molecule has 1 aromatic heterocycles. The molecule has 3 nitrogen and oxygen atoms in total. The molecule has 0 amide bonds. The number of hydrogen-bond acceptors (Lipinski definition) is 2. The summed E-state index contributed by atoms with van der Waals surface area (Å²) < 4.78 is 3.08. The number of aromatic nitrogens is 2. The van der Waals surface area contributed by atoms with Gasteiger partial charge in [-0.25, -0.2) is 0 Å². The van der Waals surface area contributed by atoms with Crippen LogP contribution in [-0.2, 0) is 13.0 Å². The molecular formula is C9H16BrN3. The average Bonchev–Trinajstić information content (AvgIpc) is 2.35. The van der Waals surface area contributed by atoms with E-state index in [1.807, 2.05) is 17.8 Å². The van der Waals surface area contributed by atoms with E-state index in [-0.39, 0.29) is 6.04 Å². The van der Waals surface area contributed by atoms with Crippen LogP contribution in [-0.4, -0.2) is 15.8 Å². The van der Waals surface area contributed by atoms with E-state index in [1.54, 1.807) is 0 Å². The van der Waals surface area contributed by atoms with Crippen molar-refractivity contribution in [2.24, 2.45) is 5.73 Å². The van der Waals surface area contributed by atoms with Crippen LogP contribution >= 0.6 is 15.9 Å².